The molecule has 0 aliphatic rings. The van der Waals surface area contributed by atoms with Gasteiger partial charge < -0.3 is 10.5 Å². The summed E-state index contributed by atoms with van der Waals surface area (Å²) in [5.74, 6) is 1.58. The molecule has 2 N–H and O–H groups in total. The number of aromatic nitrogens is 3. The van der Waals surface area contributed by atoms with Crippen molar-refractivity contribution in [3.05, 3.63) is 42.0 Å². The number of hydrogen-bond donors (Lipinski definition) is 1. The fraction of sp³-hybridized carbons (Fsp3) is 0.333. The molecule has 1 unspecified atom stereocenters. The monoisotopic (exact) mass is 232 g/mol. The van der Waals surface area contributed by atoms with Crippen molar-refractivity contribution < 1.29 is 4.74 Å². The Hall–Kier alpha value is -1.88. The van der Waals surface area contributed by atoms with E-state index in [4.69, 9.17) is 10.5 Å². The molecule has 0 bridgehead atoms. The molecule has 0 radical (unpaired) electrons. The van der Waals surface area contributed by atoms with Gasteiger partial charge in [-0.1, -0.05) is 12.1 Å². The van der Waals surface area contributed by atoms with Gasteiger partial charge in [-0.15, -0.1) is 0 Å². The fourth-order valence-electron chi connectivity index (χ4n) is 1.49. The molecular formula is C12H16N4O. The van der Waals surface area contributed by atoms with Gasteiger partial charge in [-0.25, -0.2) is 4.98 Å². The fourth-order valence-corrected chi connectivity index (χ4v) is 1.49. The minimum absolute atomic E-state index is 0.00776. The Labute approximate surface area is 100 Å². The van der Waals surface area contributed by atoms with E-state index >= 15 is 0 Å². The minimum Gasteiger partial charge on any atom is -0.486 e. The number of aryl methyl sites for hydroxylation is 1. The van der Waals surface area contributed by atoms with Gasteiger partial charge in [-0.3, -0.25) is 4.68 Å². The summed E-state index contributed by atoms with van der Waals surface area (Å²) in [7, 11) is 1.84. The maximum atomic E-state index is 5.82. The summed E-state index contributed by atoms with van der Waals surface area (Å²) in [6.45, 7) is 2.35. The van der Waals surface area contributed by atoms with Crippen LogP contribution in [0.2, 0.25) is 0 Å². The molecule has 0 amide bonds. The van der Waals surface area contributed by atoms with Crippen molar-refractivity contribution >= 4 is 0 Å². The van der Waals surface area contributed by atoms with Gasteiger partial charge in [0.25, 0.3) is 0 Å². The third-order valence-corrected chi connectivity index (χ3v) is 2.56. The van der Waals surface area contributed by atoms with Gasteiger partial charge in [-0.05, 0) is 24.6 Å². The van der Waals surface area contributed by atoms with Crippen LogP contribution in [0.5, 0.6) is 5.75 Å². The average Bonchev–Trinajstić information content (AvgIpc) is 2.72. The largest absolute Gasteiger partial charge is 0.486 e. The molecule has 5 nitrogen and oxygen atoms in total. The highest BCUT2D eigenvalue weighted by atomic mass is 16.5. The molecule has 2 aromatic rings. The first-order valence-corrected chi connectivity index (χ1v) is 5.48. The molecule has 17 heavy (non-hydrogen) atoms. The Bertz CT molecular complexity index is 493. The minimum atomic E-state index is 0.00776. The first-order valence-electron chi connectivity index (χ1n) is 5.48. The van der Waals surface area contributed by atoms with Crippen molar-refractivity contribution in [2.75, 3.05) is 0 Å². The van der Waals surface area contributed by atoms with Crippen LogP contribution in [0.1, 0.15) is 24.4 Å². The average molecular weight is 232 g/mol. The Morgan fingerprint density at radius 1 is 1.47 bits per heavy atom. The molecule has 90 valence electrons. The van der Waals surface area contributed by atoms with Crippen LogP contribution < -0.4 is 10.5 Å². The van der Waals surface area contributed by atoms with Crippen molar-refractivity contribution in [1.82, 2.24) is 14.8 Å². The second-order valence-electron chi connectivity index (χ2n) is 3.95. The highest BCUT2D eigenvalue weighted by Crippen LogP contribution is 2.18. The highest BCUT2D eigenvalue weighted by Gasteiger charge is 2.04. The molecule has 1 aromatic carbocycles. The van der Waals surface area contributed by atoms with Gasteiger partial charge in [0.15, 0.2) is 5.82 Å². The van der Waals surface area contributed by atoms with E-state index in [0.29, 0.717) is 6.61 Å². The summed E-state index contributed by atoms with van der Waals surface area (Å²) < 4.78 is 7.33. The van der Waals surface area contributed by atoms with Crippen LogP contribution in [-0.2, 0) is 13.7 Å². The van der Waals surface area contributed by atoms with Crippen molar-refractivity contribution in [3.63, 3.8) is 0 Å². The zero-order valence-electron chi connectivity index (χ0n) is 10.00. The third-order valence-electron chi connectivity index (χ3n) is 2.56. The number of nitrogens with zero attached hydrogens (tertiary/aromatic N) is 3. The molecule has 2 rings (SSSR count). The van der Waals surface area contributed by atoms with E-state index in [1.807, 2.05) is 38.2 Å². The maximum Gasteiger partial charge on any atom is 0.164 e. The van der Waals surface area contributed by atoms with E-state index in [1.165, 1.54) is 6.33 Å². The molecule has 0 saturated carbocycles. The van der Waals surface area contributed by atoms with Gasteiger partial charge in [0.2, 0.25) is 0 Å². The van der Waals surface area contributed by atoms with E-state index in [9.17, 15) is 0 Å². The lowest BCUT2D eigenvalue weighted by Crippen LogP contribution is -2.06. The summed E-state index contributed by atoms with van der Waals surface area (Å²) in [5.41, 5.74) is 6.87. The lowest BCUT2D eigenvalue weighted by atomic mass is 10.1. The SMILES string of the molecule is CC(N)c1cccc(OCc2ncnn2C)c1. The molecule has 1 heterocycles. The highest BCUT2D eigenvalue weighted by molar-refractivity contribution is 5.30. The standard InChI is InChI=1S/C12H16N4O/c1-9(13)10-4-3-5-11(6-10)17-7-12-14-8-15-16(12)2/h3-6,8-9H,7,13H2,1-2H3. The Morgan fingerprint density at radius 3 is 2.94 bits per heavy atom. The third kappa shape index (κ3) is 2.82. The van der Waals surface area contributed by atoms with E-state index in [1.54, 1.807) is 4.68 Å². The smallest absolute Gasteiger partial charge is 0.164 e. The molecule has 0 saturated heterocycles. The van der Waals surface area contributed by atoms with Crippen LogP contribution in [0.25, 0.3) is 0 Å². The zero-order valence-corrected chi connectivity index (χ0v) is 10.00. The lowest BCUT2D eigenvalue weighted by Gasteiger charge is -2.09. The first-order chi connectivity index (χ1) is 8.16. The maximum absolute atomic E-state index is 5.82. The number of hydrogen-bond acceptors (Lipinski definition) is 4. The Balaban J connectivity index is 2.04. The van der Waals surface area contributed by atoms with Crippen molar-refractivity contribution in [1.29, 1.82) is 0 Å². The normalized spacial score (nSPS) is 12.4. The predicted molar refractivity (Wildman–Crippen MR) is 64.4 cm³/mol. The summed E-state index contributed by atoms with van der Waals surface area (Å²) in [5, 5.41) is 3.98. The van der Waals surface area contributed by atoms with Crippen molar-refractivity contribution in [2.45, 2.75) is 19.6 Å². The quantitative estimate of drug-likeness (QED) is 0.865. The number of ether oxygens (including phenoxy) is 1. The van der Waals surface area contributed by atoms with Gasteiger partial charge in [0.05, 0.1) is 0 Å². The summed E-state index contributed by atoms with van der Waals surface area (Å²) in [4.78, 5) is 4.09. The number of rotatable bonds is 4. The van der Waals surface area contributed by atoms with Gasteiger partial charge in [0, 0.05) is 13.1 Å². The van der Waals surface area contributed by atoms with E-state index < -0.39 is 0 Å². The lowest BCUT2D eigenvalue weighted by molar-refractivity contribution is 0.289. The first kappa shape index (κ1) is 11.6. The van der Waals surface area contributed by atoms with E-state index in [0.717, 1.165) is 17.1 Å². The molecular weight excluding hydrogens is 216 g/mol. The molecule has 1 aromatic heterocycles. The molecule has 0 aliphatic heterocycles. The molecule has 0 spiro atoms. The van der Waals surface area contributed by atoms with Crippen molar-refractivity contribution in [3.8, 4) is 5.75 Å². The summed E-state index contributed by atoms with van der Waals surface area (Å²) in [6.07, 6.45) is 1.51. The second kappa shape index (κ2) is 4.97. The number of nitrogens with two attached hydrogens (primary N) is 1. The Kier molecular flexibility index (Phi) is 3.39. The predicted octanol–water partition coefficient (Wildman–Crippen LogP) is 1.41. The summed E-state index contributed by atoms with van der Waals surface area (Å²) in [6, 6.07) is 7.78. The van der Waals surface area contributed by atoms with Gasteiger partial charge in [-0.2, -0.15) is 5.10 Å². The molecule has 0 aliphatic carbocycles. The molecule has 5 heteroatoms. The van der Waals surface area contributed by atoms with E-state index in [-0.39, 0.29) is 6.04 Å². The molecule has 0 fully saturated rings. The number of benzene rings is 1. The Morgan fingerprint density at radius 2 is 2.29 bits per heavy atom. The summed E-state index contributed by atoms with van der Waals surface area (Å²) >= 11 is 0. The van der Waals surface area contributed by atoms with E-state index in [2.05, 4.69) is 10.1 Å². The topological polar surface area (TPSA) is 66.0 Å². The molecule has 1 atom stereocenters. The van der Waals surface area contributed by atoms with Gasteiger partial charge >= 0.3 is 0 Å². The second-order valence-corrected chi connectivity index (χ2v) is 3.95. The van der Waals surface area contributed by atoms with Crippen LogP contribution in [0, 0.1) is 0 Å². The van der Waals surface area contributed by atoms with Crippen molar-refractivity contribution in [2.24, 2.45) is 12.8 Å². The zero-order chi connectivity index (χ0) is 12.3. The van der Waals surface area contributed by atoms with Crippen LogP contribution in [0.3, 0.4) is 0 Å². The van der Waals surface area contributed by atoms with Crippen LogP contribution >= 0.6 is 0 Å². The van der Waals surface area contributed by atoms with Crippen LogP contribution in [-0.4, -0.2) is 14.8 Å². The van der Waals surface area contributed by atoms with Crippen LogP contribution in [0.15, 0.2) is 30.6 Å². The van der Waals surface area contributed by atoms with Gasteiger partial charge in [0.1, 0.15) is 18.7 Å². The van der Waals surface area contributed by atoms with Crippen LogP contribution in [0.4, 0.5) is 0 Å².